The molecule has 0 saturated heterocycles. The molecule has 0 fully saturated rings. The molecule has 2 N–H and O–H groups in total. The van der Waals surface area contributed by atoms with E-state index in [1.165, 1.54) is 37.8 Å². The van der Waals surface area contributed by atoms with Gasteiger partial charge in [0.15, 0.2) is 0 Å². The minimum absolute atomic E-state index is 0. The van der Waals surface area contributed by atoms with Gasteiger partial charge < -0.3 is 5.43 Å². The van der Waals surface area contributed by atoms with Crippen molar-refractivity contribution < 1.29 is 0 Å². The number of hydrogen-bond donors (Lipinski definition) is 2. The van der Waals surface area contributed by atoms with Gasteiger partial charge in [0.1, 0.15) is 0 Å². The fourth-order valence-electron chi connectivity index (χ4n) is 1.29. The van der Waals surface area contributed by atoms with Crippen LogP contribution in [0.25, 0.3) is 0 Å². The summed E-state index contributed by atoms with van der Waals surface area (Å²) in [5.74, 6) is 0. The number of halogens is 1. The molecule has 0 spiro atoms. The number of hydrazine groups is 1. The Morgan fingerprint density at radius 2 is 2.09 bits per heavy atom. The van der Waals surface area contributed by atoms with Crippen molar-refractivity contribution in [3.8, 4) is 0 Å². The maximum absolute atomic E-state index is 3.14. The van der Waals surface area contributed by atoms with Crippen molar-refractivity contribution in [2.24, 2.45) is 0 Å². The number of rotatable bonds is 2. The molecule has 0 aromatic rings. The first-order chi connectivity index (χ1) is 4.93. The van der Waals surface area contributed by atoms with Crippen molar-refractivity contribution in [1.82, 2.24) is 10.9 Å². The summed E-state index contributed by atoms with van der Waals surface area (Å²) in [4.78, 5) is 0. The smallest absolute Gasteiger partial charge is 0.0221 e. The molecule has 1 rings (SSSR count). The third-order valence-corrected chi connectivity index (χ3v) is 1.83. The van der Waals surface area contributed by atoms with Gasteiger partial charge in [-0.3, -0.25) is 0 Å². The first kappa shape index (κ1) is 10.8. The van der Waals surface area contributed by atoms with E-state index >= 15 is 0 Å². The minimum atomic E-state index is 0. The third-order valence-electron chi connectivity index (χ3n) is 1.83. The molecular formula is C8H17ClN2. The fourth-order valence-corrected chi connectivity index (χ4v) is 1.29. The van der Waals surface area contributed by atoms with Crippen LogP contribution in [-0.2, 0) is 0 Å². The Kier molecular flexibility index (Phi) is 6.37. The monoisotopic (exact) mass is 176 g/mol. The number of nitrogens with one attached hydrogen (secondary N) is 2. The molecule has 0 aromatic carbocycles. The van der Waals surface area contributed by atoms with Gasteiger partial charge in [-0.05, 0) is 25.7 Å². The summed E-state index contributed by atoms with van der Waals surface area (Å²) in [6, 6.07) is 0. The highest BCUT2D eigenvalue weighted by atomic mass is 35.5. The zero-order valence-corrected chi connectivity index (χ0v) is 7.84. The van der Waals surface area contributed by atoms with E-state index in [1.54, 1.807) is 0 Å². The molecule has 0 saturated carbocycles. The average Bonchev–Trinajstić information content (AvgIpc) is 2.17. The van der Waals surface area contributed by atoms with Crippen molar-refractivity contribution in [3.63, 3.8) is 0 Å². The van der Waals surface area contributed by atoms with Crippen LogP contribution in [0.2, 0.25) is 0 Å². The Bertz CT molecular complexity index is 123. The lowest BCUT2D eigenvalue weighted by Gasteiger charge is -2.06. The van der Waals surface area contributed by atoms with Gasteiger partial charge in [-0.25, -0.2) is 5.43 Å². The van der Waals surface area contributed by atoms with Gasteiger partial charge in [-0.1, -0.05) is 12.5 Å². The molecule has 0 aliphatic heterocycles. The molecular weight excluding hydrogens is 160 g/mol. The van der Waals surface area contributed by atoms with Crippen molar-refractivity contribution in [2.45, 2.75) is 32.1 Å². The van der Waals surface area contributed by atoms with Crippen LogP contribution in [0.3, 0.4) is 0 Å². The van der Waals surface area contributed by atoms with Crippen molar-refractivity contribution in [2.75, 3.05) is 7.05 Å². The second kappa shape index (κ2) is 6.50. The number of allylic oxidation sites excluding steroid dienone is 2. The van der Waals surface area contributed by atoms with E-state index in [-0.39, 0.29) is 12.4 Å². The highest BCUT2D eigenvalue weighted by molar-refractivity contribution is 5.85. The zero-order chi connectivity index (χ0) is 7.23. The molecule has 0 unspecified atom stereocenters. The van der Waals surface area contributed by atoms with Crippen LogP contribution in [0.1, 0.15) is 32.1 Å². The highest BCUT2D eigenvalue weighted by Crippen LogP contribution is 2.13. The quantitative estimate of drug-likeness (QED) is 0.629. The Morgan fingerprint density at radius 3 is 2.82 bits per heavy atom. The van der Waals surface area contributed by atoms with Crippen LogP contribution in [0.4, 0.5) is 0 Å². The SMILES string of the molecule is CNNC1=CCCCCC1.Cl. The van der Waals surface area contributed by atoms with E-state index in [4.69, 9.17) is 0 Å². The average molecular weight is 177 g/mol. The Morgan fingerprint density at radius 1 is 1.27 bits per heavy atom. The largest absolute Gasteiger partial charge is 0.326 e. The number of hydrogen-bond acceptors (Lipinski definition) is 2. The summed E-state index contributed by atoms with van der Waals surface area (Å²) in [7, 11) is 1.91. The topological polar surface area (TPSA) is 24.1 Å². The van der Waals surface area contributed by atoms with Gasteiger partial charge >= 0.3 is 0 Å². The molecule has 0 amide bonds. The predicted molar refractivity (Wildman–Crippen MR) is 50.6 cm³/mol. The van der Waals surface area contributed by atoms with Gasteiger partial charge in [0.05, 0.1) is 0 Å². The van der Waals surface area contributed by atoms with Crippen molar-refractivity contribution >= 4 is 12.4 Å². The molecule has 0 bridgehead atoms. The van der Waals surface area contributed by atoms with Crippen molar-refractivity contribution in [3.05, 3.63) is 11.8 Å². The maximum Gasteiger partial charge on any atom is 0.0221 e. The van der Waals surface area contributed by atoms with E-state index in [2.05, 4.69) is 16.9 Å². The first-order valence-corrected chi connectivity index (χ1v) is 4.05. The van der Waals surface area contributed by atoms with Crippen LogP contribution in [-0.4, -0.2) is 7.05 Å². The maximum atomic E-state index is 3.14. The van der Waals surface area contributed by atoms with Gasteiger partial charge in [-0.2, -0.15) is 0 Å². The van der Waals surface area contributed by atoms with E-state index in [1.807, 2.05) is 7.05 Å². The predicted octanol–water partition coefficient (Wildman–Crippen LogP) is 1.98. The van der Waals surface area contributed by atoms with E-state index in [0.717, 1.165) is 0 Å². The summed E-state index contributed by atoms with van der Waals surface area (Å²) in [5.41, 5.74) is 7.44. The normalized spacial score (nSPS) is 17.7. The van der Waals surface area contributed by atoms with Crippen LogP contribution in [0.5, 0.6) is 0 Å². The molecule has 0 radical (unpaired) electrons. The summed E-state index contributed by atoms with van der Waals surface area (Å²) < 4.78 is 0. The lowest BCUT2D eigenvalue weighted by atomic mass is 10.2. The standard InChI is InChI=1S/C8H16N2.ClH/c1-9-10-8-6-4-2-3-5-7-8;/h6,9-10H,2-5,7H2,1H3;1H. The summed E-state index contributed by atoms with van der Waals surface area (Å²) in [5, 5.41) is 0. The third kappa shape index (κ3) is 4.27. The molecule has 3 heteroatoms. The second-order valence-electron chi connectivity index (χ2n) is 2.70. The minimum Gasteiger partial charge on any atom is -0.326 e. The van der Waals surface area contributed by atoms with Crippen LogP contribution in [0.15, 0.2) is 11.8 Å². The van der Waals surface area contributed by atoms with E-state index in [0.29, 0.717) is 0 Å². The van der Waals surface area contributed by atoms with Crippen LogP contribution >= 0.6 is 12.4 Å². The molecule has 1 aliphatic rings. The van der Waals surface area contributed by atoms with Gasteiger partial charge in [0, 0.05) is 12.7 Å². The Balaban J connectivity index is 0.000001000. The molecule has 11 heavy (non-hydrogen) atoms. The van der Waals surface area contributed by atoms with Crippen LogP contribution in [0, 0.1) is 0 Å². The fraction of sp³-hybridized carbons (Fsp3) is 0.750. The van der Waals surface area contributed by atoms with Crippen LogP contribution < -0.4 is 10.9 Å². The summed E-state index contributed by atoms with van der Waals surface area (Å²) in [6.45, 7) is 0. The highest BCUT2D eigenvalue weighted by Gasteiger charge is 1.99. The summed E-state index contributed by atoms with van der Waals surface area (Å²) >= 11 is 0. The van der Waals surface area contributed by atoms with Gasteiger partial charge in [0.25, 0.3) is 0 Å². The van der Waals surface area contributed by atoms with E-state index in [9.17, 15) is 0 Å². The molecule has 0 aromatic heterocycles. The van der Waals surface area contributed by atoms with E-state index < -0.39 is 0 Å². The van der Waals surface area contributed by atoms with Crippen molar-refractivity contribution in [1.29, 1.82) is 0 Å². The zero-order valence-electron chi connectivity index (χ0n) is 7.02. The molecule has 0 atom stereocenters. The molecule has 0 heterocycles. The molecule has 66 valence electrons. The molecule has 1 aliphatic carbocycles. The Labute approximate surface area is 74.8 Å². The lowest BCUT2D eigenvalue weighted by Crippen LogP contribution is -2.26. The first-order valence-electron chi connectivity index (χ1n) is 4.05. The Hall–Kier alpha value is -0.210. The molecule has 2 nitrogen and oxygen atoms in total. The lowest BCUT2D eigenvalue weighted by molar-refractivity contribution is 0.634. The van der Waals surface area contributed by atoms with Gasteiger partial charge in [0.2, 0.25) is 0 Å². The van der Waals surface area contributed by atoms with Gasteiger partial charge in [-0.15, -0.1) is 12.4 Å². The second-order valence-corrected chi connectivity index (χ2v) is 2.70. The summed E-state index contributed by atoms with van der Waals surface area (Å²) in [6.07, 6.45) is 8.81.